The second kappa shape index (κ2) is 54.0. The molecule has 0 saturated carbocycles. The predicted octanol–water partition coefficient (Wildman–Crippen LogP) is 4.24. The number of terminal acetylenes is 3. The van der Waals surface area contributed by atoms with Gasteiger partial charge < -0.3 is 20.2 Å². The minimum absolute atomic E-state index is 0. The number of carboxylic acid groups (broad SMARTS) is 1. The molecule has 3 unspecified atom stereocenters. The minimum atomic E-state index is -3.48. The summed E-state index contributed by atoms with van der Waals surface area (Å²) in [6, 6.07) is 11.0. The summed E-state index contributed by atoms with van der Waals surface area (Å²) in [5.74, 6) is 33.9. The van der Waals surface area contributed by atoms with E-state index in [-0.39, 0.29) is 76.3 Å². The zero-order chi connectivity index (χ0) is 69.3. The Morgan fingerprint density at radius 2 is 1.02 bits per heavy atom. The van der Waals surface area contributed by atoms with Gasteiger partial charge in [0.25, 0.3) is 5.97 Å². The van der Waals surface area contributed by atoms with Crippen LogP contribution in [0.5, 0.6) is 0 Å². The summed E-state index contributed by atoms with van der Waals surface area (Å²) in [5, 5.41) is 33.2. The average molecular weight is 1410 g/mol. The summed E-state index contributed by atoms with van der Waals surface area (Å²) in [6.45, 7) is 7.78. The van der Waals surface area contributed by atoms with Crippen LogP contribution in [-0.4, -0.2) is 144 Å². The molecule has 3 atom stereocenters. The van der Waals surface area contributed by atoms with E-state index in [1.807, 2.05) is 49.9 Å². The molecule has 0 aliphatic heterocycles. The Hall–Kier alpha value is -8.61. The van der Waals surface area contributed by atoms with Gasteiger partial charge in [-0.25, -0.2) is 22.5 Å². The molecule has 6 heterocycles. The number of amides is 2. The molecule has 0 saturated heterocycles. The van der Waals surface area contributed by atoms with Crippen LogP contribution in [-0.2, 0) is 43.6 Å². The predicted molar refractivity (Wildman–Crippen MR) is 364 cm³/mol. The van der Waals surface area contributed by atoms with Crippen LogP contribution in [0.15, 0.2) is 92.2 Å². The Bertz CT molecular complexity index is 3930. The number of pyridine rings is 3. The van der Waals surface area contributed by atoms with Crippen molar-refractivity contribution in [2.24, 2.45) is 0 Å². The van der Waals surface area contributed by atoms with Crippen LogP contribution in [0.2, 0.25) is 15.5 Å². The van der Waals surface area contributed by atoms with Crippen molar-refractivity contribution in [3.05, 3.63) is 108 Å². The maximum atomic E-state index is 12.2. The largest absolute Gasteiger partial charge is 1.00 e. The zero-order valence-corrected chi connectivity index (χ0v) is 58.9. The molecule has 2 amide bonds. The van der Waals surface area contributed by atoms with Crippen LogP contribution in [0.1, 0.15) is 42.0 Å². The minimum Gasteiger partial charge on any atom is 1.00 e. The molecule has 0 aromatic carbocycles. The van der Waals surface area contributed by atoms with Crippen molar-refractivity contribution in [1.82, 2.24) is 44.3 Å². The Kier molecular flexibility index (Phi) is 52.7. The van der Waals surface area contributed by atoms with E-state index in [1.54, 1.807) is 99.0 Å². The smallest absolute Gasteiger partial charge is 1.00 e. The van der Waals surface area contributed by atoms with Gasteiger partial charge in [0, 0.05) is 52.9 Å². The van der Waals surface area contributed by atoms with Crippen molar-refractivity contribution in [2.45, 2.75) is 57.8 Å². The van der Waals surface area contributed by atoms with Crippen molar-refractivity contribution in [3.63, 3.8) is 0 Å². The molecule has 0 bridgehead atoms. The summed E-state index contributed by atoms with van der Waals surface area (Å²) in [4.78, 5) is 61.3. The fraction of sp³-hybridized carbons (Fsp3) is 0.246. The monoisotopic (exact) mass is 1410 g/mol. The number of nitrogens with zero attached hydrogens (tertiary/aromatic N) is 11. The van der Waals surface area contributed by atoms with Gasteiger partial charge >= 0.3 is 56.7 Å². The Morgan fingerprint density at radius 3 is 1.28 bits per heavy atom. The van der Waals surface area contributed by atoms with E-state index in [2.05, 4.69) is 134 Å². The van der Waals surface area contributed by atoms with E-state index in [9.17, 15) is 22.8 Å². The third-order valence-electron chi connectivity index (χ3n) is 9.70. The first-order valence-corrected chi connectivity index (χ1v) is 30.8. The molecule has 0 aliphatic rings. The second-order valence-electron chi connectivity index (χ2n) is 15.8. The number of carbonyl (C=O) groups is 4. The molecule has 0 spiro atoms. The van der Waals surface area contributed by atoms with Gasteiger partial charge in [-0.2, -0.15) is 38.8 Å². The number of aromatic nitrogens is 9. The van der Waals surface area contributed by atoms with E-state index in [0.29, 0.717) is 22.2 Å². The Balaban J connectivity index is -0.000000514. The molecule has 23 nitrogen and oxygen atoms in total. The van der Waals surface area contributed by atoms with Gasteiger partial charge in [0.05, 0.1) is 70.4 Å². The number of nitrogens with one attached hydrogen (secondary N) is 1. The molecule has 0 aliphatic carbocycles. The number of halogens is 4. The van der Waals surface area contributed by atoms with Crippen LogP contribution in [0.3, 0.4) is 0 Å². The number of hydrogen-bond donors (Lipinski definition) is 2. The quantitative estimate of drug-likeness (QED) is 0.0507. The maximum absolute atomic E-state index is 12.2. The van der Waals surface area contributed by atoms with Gasteiger partial charge in [0.2, 0.25) is 17.1 Å². The SMILES string of the molecule is C.C#CC#CC#CC#CC.C#CC#CC#CC#CC#C.CC(=O)O.CC(C(=O)N(C)c1cn(-c2cccnc2)nc1Cl)S(C)(=O)=O.CNc1cn(-c2cccnc2)nc1Cl.CSC(C)C(=O)Cl.CSC(C)C(=O)N(C)c1cn(-c2cccnc2)nc1Cl.O=BOO[O-].[Na+]. The zero-order valence-electron chi connectivity index (χ0n) is 51.4. The molecule has 32 heteroatoms. The molecule has 6 aromatic heterocycles. The van der Waals surface area contributed by atoms with Gasteiger partial charge in [0.1, 0.15) is 16.6 Å². The molecule has 480 valence electrons. The third-order valence-corrected chi connectivity index (χ3v) is 14.3. The molecular formula is C61H60BCl4N12NaO11S3. The van der Waals surface area contributed by atoms with Crippen molar-refractivity contribution >= 4 is 127 Å². The topological polar surface area (TPSA) is 292 Å². The van der Waals surface area contributed by atoms with Crippen LogP contribution < -0.4 is 49.9 Å². The van der Waals surface area contributed by atoms with Crippen molar-refractivity contribution in [1.29, 1.82) is 0 Å². The van der Waals surface area contributed by atoms with Gasteiger partial charge in [-0.3, -0.25) is 34.1 Å². The fourth-order valence-electron chi connectivity index (χ4n) is 5.09. The molecule has 6 aromatic rings. The number of sulfone groups is 1. The number of thioether (sulfide) groups is 2. The first-order valence-electron chi connectivity index (χ1n) is 24.7. The second-order valence-corrected chi connectivity index (χ2v) is 22.0. The first-order chi connectivity index (χ1) is 43.2. The van der Waals surface area contributed by atoms with Crippen LogP contribution in [0.4, 0.5) is 17.1 Å². The van der Waals surface area contributed by atoms with E-state index in [0.717, 1.165) is 30.2 Å². The van der Waals surface area contributed by atoms with Gasteiger partial charge in [0.15, 0.2) is 25.3 Å². The molecule has 93 heavy (non-hydrogen) atoms. The fourth-order valence-corrected chi connectivity index (χ4v) is 7.16. The number of hydrogen-bond acceptors (Lipinski definition) is 19. The van der Waals surface area contributed by atoms with Crippen LogP contribution in [0.25, 0.3) is 17.1 Å². The summed E-state index contributed by atoms with van der Waals surface area (Å²) in [5.41, 5.74) is 4.06. The Labute approximate surface area is 594 Å². The van der Waals surface area contributed by atoms with Crippen molar-refractivity contribution < 1.29 is 82.1 Å². The molecule has 0 radical (unpaired) electrons. The summed E-state index contributed by atoms with van der Waals surface area (Å²) in [7, 11) is 1.37. The van der Waals surface area contributed by atoms with E-state index < -0.39 is 27.0 Å². The molecule has 6 rings (SSSR count). The average Bonchev–Trinajstić information content (AvgIpc) is 1.77. The number of rotatable bonds is 14. The standard InChI is InChI=1S/C13H15ClN4O3S.C13H15ClN4OS.C10H2.C9H9ClN4.C9H4.C4H7ClOS.C2H4O2.CH4.BHO4.Na/c1-9(22(3,20)21)13(19)17(2)11-8-18(16-12(11)14)10-5-4-6-15-7-10;1-9(20-3)13(19)17(2)11-8-18(16-12(11)14)10-5-4-6-15-7-10;1-3-5-7-9-10-8-6-4-2;1-11-8-6-14(13-9(8)10)7-3-2-4-12-5-7;1-3-5-7-9-8-6-4-2;1-3(7-2)4(5)6;1-2(3)4;;2-1-4-5-3;/h4-9H,1-3H3;4-9H,1-3H3;1-2H;2-6,11H,1H3;1H,2H3;3H,1-2H3;1H3,(H,3,4);1H4;3H;/q;;;;;;;;;+1/p-1. The van der Waals surface area contributed by atoms with Crippen LogP contribution >= 0.6 is 69.9 Å². The Morgan fingerprint density at radius 1 is 0.677 bits per heavy atom. The van der Waals surface area contributed by atoms with Gasteiger partial charge in [-0.05, 0) is 171 Å². The van der Waals surface area contributed by atoms with E-state index in [4.69, 9.17) is 85.5 Å². The molecule has 0 fully saturated rings. The van der Waals surface area contributed by atoms with E-state index >= 15 is 0 Å². The summed E-state index contributed by atoms with van der Waals surface area (Å²) in [6.07, 6.45) is 34.3. The van der Waals surface area contributed by atoms with Gasteiger partial charge in [-0.15, -0.1) is 19.3 Å². The normalized spacial score (nSPS) is 9.52. The third kappa shape index (κ3) is 39.4. The van der Waals surface area contributed by atoms with E-state index in [1.165, 1.54) is 52.0 Å². The maximum Gasteiger partial charge on any atom is 1.00 e. The number of carbonyl (C=O) groups excluding carboxylic acids is 3. The number of aliphatic carboxylic acids is 1. The summed E-state index contributed by atoms with van der Waals surface area (Å²) >= 11 is 26.1. The van der Waals surface area contributed by atoms with Crippen molar-refractivity contribution in [3.8, 4) is 125 Å². The molecular weight excluding hydrogens is 1350 g/mol. The van der Waals surface area contributed by atoms with Crippen molar-refractivity contribution in [2.75, 3.05) is 55.0 Å². The summed E-state index contributed by atoms with van der Waals surface area (Å²) < 4.78 is 36.6. The first kappa shape index (κ1) is 90.8. The van der Waals surface area contributed by atoms with Crippen LogP contribution in [0, 0.1) is 108 Å². The van der Waals surface area contributed by atoms with Gasteiger partial charge in [-0.1, -0.05) is 48.1 Å². The number of anilines is 3. The number of carboxylic acids is 1. The molecule has 2 N–H and O–H groups in total.